The van der Waals surface area contributed by atoms with E-state index in [0.717, 1.165) is 11.1 Å². The summed E-state index contributed by atoms with van der Waals surface area (Å²) in [4.78, 5) is 25.3. The first kappa shape index (κ1) is 25.9. The molecule has 192 valence electrons. The fourth-order valence-electron chi connectivity index (χ4n) is 4.29. The van der Waals surface area contributed by atoms with Crippen molar-refractivity contribution in [2.24, 2.45) is 5.92 Å². The van der Waals surface area contributed by atoms with Crippen molar-refractivity contribution in [2.75, 3.05) is 10.6 Å². The Morgan fingerprint density at radius 2 is 1.30 bits per heavy atom. The minimum absolute atomic E-state index is 0.0519. The van der Waals surface area contributed by atoms with Crippen molar-refractivity contribution >= 4 is 23.5 Å². The van der Waals surface area contributed by atoms with E-state index >= 15 is 0 Å². The van der Waals surface area contributed by atoms with Crippen LogP contribution < -0.4 is 10.6 Å². The Labute approximate surface area is 217 Å². The first-order valence-corrected chi connectivity index (χ1v) is 12.6. The lowest BCUT2D eigenvalue weighted by molar-refractivity contribution is -0.118. The lowest BCUT2D eigenvalue weighted by atomic mass is 10.0. The van der Waals surface area contributed by atoms with Gasteiger partial charge in [-0.2, -0.15) is 10.2 Å². The van der Waals surface area contributed by atoms with Crippen LogP contribution in [0.2, 0.25) is 0 Å². The smallest absolute Gasteiger partial charge is 0.225 e. The standard InChI is InChI=1S/C29H34N6O2/c1-21-6-4-8-24(16-21)19-34-26(12-14-30-34)32-28(36)11-10-23(3)18-29(37)33-27-13-15-31-35(27)20-25-9-5-7-22(2)17-25/h4-9,12-17,23H,10-11,18-20H2,1-3H3,(H,32,36)(H,33,37). The lowest BCUT2D eigenvalue weighted by Crippen LogP contribution is -2.20. The molecule has 0 spiro atoms. The molecule has 2 aromatic carbocycles. The molecule has 4 aromatic rings. The molecule has 2 amide bonds. The second-order valence-electron chi connectivity index (χ2n) is 9.67. The van der Waals surface area contributed by atoms with Crippen LogP contribution in [-0.4, -0.2) is 31.4 Å². The molecule has 4 rings (SSSR count). The van der Waals surface area contributed by atoms with E-state index < -0.39 is 0 Å². The molecule has 8 nitrogen and oxygen atoms in total. The Bertz CT molecular complexity index is 1360. The molecule has 2 N–H and O–H groups in total. The van der Waals surface area contributed by atoms with Crippen molar-refractivity contribution in [3.05, 3.63) is 95.3 Å². The van der Waals surface area contributed by atoms with Gasteiger partial charge in [-0.25, -0.2) is 9.36 Å². The third kappa shape index (κ3) is 7.64. The van der Waals surface area contributed by atoms with E-state index in [2.05, 4.69) is 58.9 Å². The van der Waals surface area contributed by atoms with Crippen molar-refractivity contribution in [3.8, 4) is 0 Å². The highest BCUT2D eigenvalue weighted by Crippen LogP contribution is 2.17. The number of aromatic nitrogens is 4. The van der Waals surface area contributed by atoms with Crippen molar-refractivity contribution in [1.29, 1.82) is 0 Å². The van der Waals surface area contributed by atoms with Gasteiger partial charge in [-0.05, 0) is 37.3 Å². The number of anilines is 2. The van der Waals surface area contributed by atoms with E-state index in [1.165, 1.54) is 11.1 Å². The molecule has 8 heteroatoms. The molecule has 2 heterocycles. The highest BCUT2D eigenvalue weighted by Gasteiger charge is 2.15. The molecule has 1 unspecified atom stereocenters. The summed E-state index contributed by atoms with van der Waals surface area (Å²) in [6.07, 6.45) is 4.63. The maximum Gasteiger partial charge on any atom is 0.225 e. The van der Waals surface area contributed by atoms with E-state index in [9.17, 15) is 9.59 Å². The maximum absolute atomic E-state index is 12.7. The Morgan fingerprint density at radius 3 is 1.81 bits per heavy atom. The fourth-order valence-corrected chi connectivity index (χ4v) is 4.29. The summed E-state index contributed by atoms with van der Waals surface area (Å²) in [7, 11) is 0. The molecule has 0 radical (unpaired) electrons. The van der Waals surface area contributed by atoms with Crippen molar-refractivity contribution in [2.45, 2.75) is 53.1 Å². The Kier molecular flexibility index (Phi) is 8.51. The average Bonchev–Trinajstić information content (AvgIpc) is 3.47. The van der Waals surface area contributed by atoms with Gasteiger partial charge in [0.15, 0.2) is 0 Å². The number of benzene rings is 2. The van der Waals surface area contributed by atoms with Gasteiger partial charge in [-0.15, -0.1) is 0 Å². The highest BCUT2D eigenvalue weighted by atomic mass is 16.2. The molecule has 0 aliphatic rings. The Morgan fingerprint density at radius 1 is 0.784 bits per heavy atom. The van der Waals surface area contributed by atoms with Gasteiger partial charge in [0.25, 0.3) is 0 Å². The summed E-state index contributed by atoms with van der Waals surface area (Å²) >= 11 is 0. The van der Waals surface area contributed by atoms with Gasteiger partial charge in [0.2, 0.25) is 11.8 Å². The SMILES string of the molecule is Cc1cccc(Cn2nccc2NC(=O)CCC(C)CC(=O)Nc2ccnn2Cc2cccc(C)c2)c1. The number of amides is 2. The number of nitrogens with one attached hydrogen (secondary N) is 2. The van der Waals surface area contributed by atoms with Gasteiger partial charge in [0.1, 0.15) is 11.6 Å². The average molecular weight is 499 g/mol. The number of rotatable bonds is 11. The summed E-state index contributed by atoms with van der Waals surface area (Å²) in [5.74, 6) is 1.21. The van der Waals surface area contributed by atoms with Crippen LogP contribution in [0.15, 0.2) is 73.1 Å². The van der Waals surface area contributed by atoms with Crippen LogP contribution in [0, 0.1) is 19.8 Å². The summed E-state index contributed by atoms with van der Waals surface area (Å²) in [6.45, 7) is 7.26. The molecule has 0 saturated carbocycles. The van der Waals surface area contributed by atoms with Crippen LogP contribution in [0.25, 0.3) is 0 Å². The maximum atomic E-state index is 12.7. The Hall–Kier alpha value is -4.20. The monoisotopic (exact) mass is 498 g/mol. The number of carbonyl (C=O) groups is 2. The van der Waals surface area contributed by atoms with Crippen LogP contribution in [0.4, 0.5) is 11.6 Å². The van der Waals surface area contributed by atoms with Crippen LogP contribution in [0.3, 0.4) is 0 Å². The third-order valence-corrected chi connectivity index (χ3v) is 6.20. The summed E-state index contributed by atoms with van der Waals surface area (Å²) in [5, 5.41) is 14.6. The zero-order valence-corrected chi connectivity index (χ0v) is 21.6. The van der Waals surface area contributed by atoms with E-state index in [0.29, 0.717) is 44.0 Å². The third-order valence-electron chi connectivity index (χ3n) is 6.20. The predicted molar refractivity (Wildman–Crippen MR) is 145 cm³/mol. The molecule has 1 atom stereocenters. The van der Waals surface area contributed by atoms with E-state index in [-0.39, 0.29) is 17.7 Å². The van der Waals surface area contributed by atoms with E-state index in [1.54, 1.807) is 33.9 Å². The lowest BCUT2D eigenvalue weighted by Gasteiger charge is -2.13. The van der Waals surface area contributed by atoms with Crippen molar-refractivity contribution < 1.29 is 9.59 Å². The van der Waals surface area contributed by atoms with Gasteiger partial charge in [0, 0.05) is 25.0 Å². The quantitative estimate of drug-likeness (QED) is 0.298. The summed E-state index contributed by atoms with van der Waals surface area (Å²) in [6, 6.07) is 20.0. The largest absolute Gasteiger partial charge is 0.311 e. The van der Waals surface area contributed by atoms with E-state index in [1.807, 2.05) is 31.2 Å². The number of aryl methyl sites for hydroxylation is 2. The molecule has 2 aromatic heterocycles. The molecule has 0 fully saturated rings. The van der Waals surface area contributed by atoms with E-state index in [4.69, 9.17) is 0 Å². The van der Waals surface area contributed by atoms with Crippen LogP contribution in [-0.2, 0) is 22.7 Å². The Balaban J connectivity index is 1.23. The van der Waals surface area contributed by atoms with Gasteiger partial charge < -0.3 is 10.6 Å². The molecule has 0 aliphatic heterocycles. The minimum Gasteiger partial charge on any atom is -0.311 e. The zero-order valence-electron chi connectivity index (χ0n) is 21.6. The van der Waals surface area contributed by atoms with Crippen LogP contribution in [0.5, 0.6) is 0 Å². The van der Waals surface area contributed by atoms with Crippen molar-refractivity contribution in [1.82, 2.24) is 19.6 Å². The predicted octanol–water partition coefficient (Wildman–Crippen LogP) is 5.18. The van der Waals surface area contributed by atoms with Gasteiger partial charge in [-0.3, -0.25) is 9.59 Å². The fraction of sp³-hybridized carbons (Fsp3) is 0.310. The van der Waals surface area contributed by atoms with Crippen LogP contribution >= 0.6 is 0 Å². The van der Waals surface area contributed by atoms with Gasteiger partial charge in [0.05, 0.1) is 25.5 Å². The molecular weight excluding hydrogens is 464 g/mol. The molecule has 37 heavy (non-hydrogen) atoms. The topological polar surface area (TPSA) is 93.8 Å². The highest BCUT2D eigenvalue weighted by molar-refractivity contribution is 5.91. The molecular formula is C29H34N6O2. The van der Waals surface area contributed by atoms with Crippen LogP contribution in [0.1, 0.15) is 48.4 Å². The summed E-state index contributed by atoms with van der Waals surface area (Å²) in [5.41, 5.74) is 4.62. The van der Waals surface area contributed by atoms with Gasteiger partial charge >= 0.3 is 0 Å². The second-order valence-corrected chi connectivity index (χ2v) is 9.67. The second kappa shape index (κ2) is 12.2. The van der Waals surface area contributed by atoms with Gasteiger partial charge in [-0.1, -0.05) is 66.6 Å². The number of nitrogens with zero attached hydrogens (tertiary/aromatic N) is 4. The van der Waals surface area contributed by atoms with Crippen molar-refractivity contribution in [3.63, 3.8) is 0 Å². The number of carbonyl (C=O) groups excluding carboxylic acids is 2. The first-order chi connectivity index (χ1) is 17.9. The molecule has 0 aliphatic carbocycles. The normalized spacial score (nSPS) is 11.8. The molecule has 0 saturated heterocycles. The molecule has 0 bridgehead atoms. The zero-order chi connectivity index (χ0) is 26.2. The number of hydrogen-bond donors (Lipinski definition) is 2. The number of hydrogen-bond acceptors (Lipinski definition) is 4. The summed E-state index contributed by atoms with van der Waals surface area (Å²) < 4.78 is 3.56. The minimum atomic E-state index is -0.0884. The first-order valence-electron chi connectivity index (χ1n) is 12.6.